The molecule has 0 unspecified atom stereocenters. The molecule has 5 N–H and O–H groups in total. The molecule has 56 heavy (non-hydrogen) atoms. The van der Waals surface area contributed by atoms with Crippen LogP contribution in [0.5, 0.6) is 11.5 Å². The number of amides is 2. The summed E-state index contributed by atoms with van der Waals surface area (Å²) in [6.45, 7) is 12.1. The molecule has 3 heterocycles. The van der Waals surface area contributed by atoms with E-state index in [0.29, 0.717) is 46.9 Å². The average molecular weight is 794 g/mol. The third-order valence-electron chi connectivity index (χ3n) is 13.8. The molecule has 12 heteroatoms. The smallest absolute Gasteiger partial charge is 0.243 e. The Labute approximate surface area is 333 Å². The van der Waals surface area contributed by atoms with Gasteiger partial charge in [-0.25, -0.2) is 0 Å². The van der Waals surface area contributed by atoms with Crippen LogP contribution in [0.1, 0.15) is 91.0 Å². The van der Waals surface area contributed by atoms with E-state index >= 15 is 0 Å². The number of aromatic hydroxyl groups is 2. The number of fused-ring (bicyclic) bond motifs is 6. The van der Waals surface area contributed by atoms with Gasteiger partial charge in [0.25, 0.3) is 0 Å². The van der Waals surface area contributed by atoms with Gasteiger partial charge >= 0.3 is 0 Å². The normalized spacial score (nSPS) is 32.5. The first-order valence-electron chi connectivity index (χ1n) is 19.9. The van der Waals surface area contributed by atoms with E-state index in [0.717, 1.165) is 31.9 Å². The van der Waals surface area contributed by atoms with Gasteiger partial charge in [-0.15, -0.1) is 0 Å². The SMILES string of the molecule is CC(C)(C)NC(=O)[C@H]1CC[C@H]2[C@@H]3CC[C@H]4NC(=O)C=C[C@]4(C)[C@H]3CC[C@]12C.CN1CC[C@H](c2c(O)cc(O)c3c(=O)cc(-c4ccccc4Cl)oc23)[C@H](O)C1.F. The summed E-state index contributed by atoms with van der Waals surface area (Å²) in [5.74, 6) is 1.64. The Bertz CT molecular complexity index is 2080. The summed E-state index contributed by atoms with van der Waals surface area (Å²) in [7, 11) is 1.91. The number of halogens is 2. The highest BCUT2D eigenvalue weighted by molar-refractivity contribution is 6.33. The molecule has 2 aliphatic heterocycles. The maximum Gasteiger partial charge on any atom is 0.243 e. The highest BCUT2D eigenvalue weighted by atomic mass is 35.5. The molecule has 0 spiro atoms. The van der Waals surface area contributed by atoms with E-state index in [2.05, 4.69) is 51.3 Å². The number of benzene rings is 2. The number of carbonyl (C=O) groups excluding carboxylic acids is 2. The molecule has 8 rings (SSSR count). The number of carbonyl (C=O) groups is 2. The molecule has 3 aliphatic carbocycles. The number of nitrogens with one attached hydrogen (secondary N) is 2. The zero-order chi connectivity index (χ0) is 39.6. The molecular weight excluding hydrogens is 737 g/mol. The molecule has 0 bridgehead atoms. The van der Waals surface area contributed by atoms with Crippen molar-refractivity contribution in [2.45, 2.75) is 103 Å². The summed E-state index contributed by atoms with van der Waals surface area (Å²) in [4.78, 5) is 39.6. The van der Waals surface area contributed by atoms with Gasteiger partial charge in [-0.3, -0.25) is 19.1 Å². The number of rotatable bonds is 3. The van der Waals surface area contributed by atoms with Crippen molar-refractivity contribution in [1.82, 2.24) is 15.5 Å². The predicted molar refractivity (Wildman–Crippen MR) is 216 cm³/mol. The van der Waals surface area contributed by atoms with E-state index in [-0.39, 0.29) is 73.1 Å². The molecule has 0 radical (unpaired) electrons. The van der Waals surface area contributed by atoms with Crippen molar-refractivity contribution in [2.24, 2.45) is 34.5 Å². The van der Waals surface area contributed by atoms with Crippen molar-refractivity contribution in [3.05, 3.63) is 69.4 Å². The molecule has 3 saturated carbocycles. The second-order valence-electron chi connectivity index (χ2n) is 18.3. The second kappa shape index (κ2) is 15.4. The number of piperidine rings is 1. The third kappa shape index (κ3) is 7.47. The fourth-order valence-corrected chi connectivity index (χ4v) is 11.3. The van der Waals surface area contributed by atoms with Gasteiger partial charge in [0.1, 0.15) is 28.2 Å². The number of aliphatic hydroxyl groups is 1. The van der Waals surface area contributed by atoms with Crippen molar-refractivity contribution in [3.63, 3.8) is 0 Å². The van der Waals surface area contributed by atoms with Gasteiger partial charge in [-0.1, -0.05) is 43.7 Å². The lowest BCUT2D eigenvalue weighted by atomic mass is 9.48. The number of hydrogen-bond acceptors (Lipinski definition) is 8. The van der Waals surface area contributed by atoms with Crippen molar-refractivity contribution >= 4 is 34.4 Å². The molecule has 2 aromatic carbocycles. The molecule has 2 amide bonds. The molecule has 4 fully saturated rings. The van der Waals surface area contributed by atoms with Gasteiger partial charge in [0.2, 0.25) is 11.8 Å². The van der Waals surface area contributed by atoms with Crippen LogP contribution in [0.2, 0.25) is 5.02 Å². The minimum Gasteiger partial charge on any atom is -0.507 e. The van der Waals surface area contributed by atoms with E-state index in [9.17, 15) is 29.7 Å². The van der Waals surface area contributed by atoms with Gasteiger partial charge in [0.15, 0.2) is 5.43 Å². The Kier molecular flexibility index (Phi) is 11.5. The van der Waals surface area contributed by atoms with Crippen LogP contribution in [0.3, 0.4) is 0 Å². The molecule has 10 nitrogen and oxygen atoms in total. The van der Waals surface area contributed by atoms with E-state index in [1.54, 1.807) is 30.3 Å². The van der Waals surface area contributed by atoms with Crippen molar-refractivity contribution < 1.29 is 34.0 Å². The number of likely N-dealkylation sites (N-methyl/N-ethyl adjacent to an activating group) is 1. The minimum atomic E-state index is -0.744. The summed E-state index contributed by atoms with van der Waals surface area (Å²) in [5.41, 5.74) is 0.524. The van der Waals surface area contributed by atoms with Crippen molar-refractivity contribution in [3.8, 4) is 22.8 Å². The topological polar surface area (TPSA) is 152 Å². The maximum atomic E-state index is 13.0. The maximum absolute atomic E-state index is 13.0. The lowest BCUT2D eigenvalue weighted by Crippen LogP contribution is -2.59. The Morgan fingerprint density at radius 1 is 1.00 bits per heavy atom. The van der Waals surface area contributed by atoms with Crippen molar-refractivity contribution in [1.29, 1.82) is 0 Å². The average Bonchev–Trinajstić information content (AvgIpc) is 3.46. The molecule has 1 saturated heterocycles. The standard InChI is InChI=1S/C23H36N2O2.C21H20ClNO5.FH/c1-21(2,3)25-20(27)17-8-7-15-14-6-9-18-23(5,13-11-19(26)24-18)16(14)10-12-22(15,17)4;1-23-7-6-12(17(27)10-23)19-14(24)8-15(25)20-16(26)9-18(28-21(19)20)11-4-2-3-5-13(11)22;/h11,13-18H,6-10,12H2,1-5H3,(H,24,26)(H,25,27);2-5,8-9,12,17,24-25,27H,6-7,10H2,1H3;1H/t14-,15-,16-,17+,18+,22-,23+;12-,17+;/m00./s1. The Morgan fingerprint density at radius 2 is 1.73 bits per heavy atom. The van der Waals surface area contributed by atoms with Crippen LogP contribution in [0.15, 0.2) is 57.8 Å². The summed E-state index contributed by atoms with van der Waals surface area (Å²) >= 11 is 6.25. The first-order chi connectivity index (χ1) is 25.9. The number of β-amino-alcohol motifs (C(OH)–C–C–N with tert-alkyl or cyclic N) is 1. The monoisotopic (exact) mass is 793 g/mol. The van der Waals surface area contributed by atoms with Gasteiger partial charge < -0.3 is 35.3 Å². The molecule has 304 valence electrons. The Balaban J connectivity index is 0.000000187. The number of phenolic OH excluding ortho intramolecular Hbond substituents is 2. The van der Waals surface area contributed by atoms with Gasteiger partial charge in [0.05, 0.1) is 11.1 Å². The van der Waals surface area contributed by atoms with E-state index in [4.69, 9.17) is 16.0 Å². The number of likely N-dealkylation sites (tertiary alicyclic amines) is 1. The third-order valence-corrected chi connectivity index (χ3v) is 14.1. The molecule has 3 aromatic rings. The van der Waals surface area contributed by atoms with Crippen LogP contribution < -0.4 is 16.1 Å². The first kappa shape index (κ1) is 41.7. The van der Waals surface area contributed by atoms with Gasteiger partial charge in [0, 0.05) is 58.6 Å². The van der Waals surface area contributed by atoms with Crippen LogP contribution in [-0.2, 0) is 9.59 Å². The minimum absolute atomic E-state index is 0. The molecule has 5 aliphatic rings. The van der Waals surface area contributed by atoms with Crippen LogP contribution >= 0.6 is 11.6 Å². The van der Waals surface area contributed by atoms with E-state index in [1.165, 1.54) is 25.3 Å². The van der Waals surface area contributed by atoms with Crippen LogP contribution in [0.4, 0.5) is 4.70 Å². The molecule has 9 atom stereocenters. The zero-order valence-electron chi connectivity index (χ0n) is 33.2. The van der Waals surface area contributed by atoms with Gasteiger partial charge in [-0.05, 0) is 121 Å². The fourth-order valence-electron chi connectivity index (χ4n) is 11.1. The number of nitrogens with zero attached hydrogens (tertiary/aromatic N) is 1. The van der Waals surface area contributed by atoms with Crippen LogP contribution in [0, 0.1) is 34.5 Å². The highest BCUT2D eigenvalue weighted by Gasteiger charge is 2.61. The highest BCUT2D eigenvalue weighted by Crippen LogP contribution is 2.65. The summed E-state index contributed by atoms with van der Waals surface area (Å²) in [5, 5.41) is 38.3. The summed E-state index contributed by atoms with van der Waals surface area (Å²) in [6, 6.07) is 9.63. The number of phenols is 2. The summed E-state index contributed by atoms with van der Waals surface area (Å²) in [6.07, 6.45) is 10.5. The Hall–Kier alpha value is -3.93. The quantitative estimate of drug-likeness (QED) is 0.186. The lowest BCUT2D eigenvalue weighted by Gasteiger charge is -2.58. The van der Waals surface area contributed by atoms with E-state index < -0.39 is 17.5 Å². The summed E-state index contributed by atoms with van der Waals surface area (Å²) < 4.78 is 6.00. The van der Waals surface area contributed by atoms with Gasteiger partial charge in [-0.2, -0.15) is 0 Å². The van der Waals surface area contributed by atoms with E-state index in [1.807, 2.05) is 11.9 Å². The zero-order valence-corrected chi connectivity index (χ0v) is 34.0. The lowest BCUT2D eigenvalue weighted by molar-refractivity contribution is -0.135. The fraction of sp³-hybridized carbons (Fsp3) is 0.568. The van der Waals surface area contributed by atoms with Crippen LogP contribution in [0.25, 0.3) is 22.3 Å². The second-order valence-corrected chi connectivity index (χ2v) is 18.7. The molecule has 1 aromatic heterocycles. The number of hydrogen-bond donors (Lipinski definition) is 5. The largest absolute Gasteiger partial charge is 0.507 e. The molecular formula is C44H57ClFN3O7. The van der Waals surface area contributed by atoms with Crippen molar-refractivity contribution in [2.75, 3.05) is 20.1 Å². The Morgan fingerprint density at radius 3 is 2.43 bits per heavy atom. The first-order valence-corrected chi connectivity index (χ1v) is 20.2. The number of aliphatic hydroxyl groups excluding tert-OH is 1. The predicted octanol–water partition coefficient (Wildman–Crippen LogP) is 7.27. The van der Waals surface area contributed by atoms with Crippen LogP contribution in [-0.4, -0.2) is 69.9 Å².